The summed E-state index contributed by atoms with van der Waals surface area (Å²) in [5.41, 5.74) is 0. The van der Waals surface area contributed by atoms with Crippen molar-refractivity contribution in [3.63, 3.8) is 0 Å². The zero-order valence-electron chi connectivity index (χ0n) is 43.9. The zero-order chi connectivity index (χ0) is 63.7. The lowest BCUT2D eigenvalue weighted by Crippen LogP contribution is -2.26. The molecule has 6 rings (SSSR count). The van der Waals surface area contributed by atoms with Crippen molar-refractivity contribution in [3.8, 4) is 0 Å². The molecule has 32 nitrogen and oxygen atoms in total. The number of esters is 6. The summed E-state index contributed by atoms with van der Waals surface area (Å²) in [7, 11) is 1.49. The van der Waals surface area contributed by atoms with E-state index < -0.39 is 128 Å². The van der Waals surface area contributed by atoms with Gasteiger partial charge in [0.1, 0.15) is 75.1 Å². The molecule has 0 amide bonds. The molecule has 6 aliphatic rings. The summed E-state index contributed by atoms with van der Waals surface area (Å²) in [5, 5.41) is 0. The molecule has 0 N–H and O–H groups in total. The summed E-state index contributed by atoms with van der Waals surface area (Å²) in [4.78, 5) is 129. The molecule has 85 heavy (non-hydrogen) atoms. The van der Waals surface area contributed by atoms with Crippen molar-refractivity contribution >= 4 is 119 Å². The number of rotatable bonds is 23. The fraction of sp³-hybridized carbons (Fsp3) is 0.556. The predicted octanol–water partition coefficient (Wildman–Crippen LogP) is 5.05. The lowest BCUT2D eigenvalue weighted by atomic mass is 10.4. The van der Waals surface area contributed by atoms with E-state index in [1.165, 1.54) is 19.3 Å². The molecule has 6 atom stereocenters. The molecule has 6 unspecified atom stereocenters. The van der Waals surface area contributed by atoms with Gasteiger partial charge in [-0.15, -0.1) is 0 Å². The summed E-state index contributed by atoms with van der Waals surface area (Å²) in [6.45, 7) is 1.81. The smallest absolute Gasteiger partial charge is 0.463 e. The highest BCUT2D eigenvalue weighted by atomic mass is 35.5. The van der Waals surface area contributed by atoms with Gasteiger partial charge in [-0.25, -0.2) is 57.5 Å². The minimum Gasteiger partial charge on any atom is -0.463 e. The minimum absolute atomic E-state index is 0.00235. The molecule has 6 saturated heterocycles. The summed E-state index contributed by atoms with van der Waals surface area (Å²) in [6.07, 6.45) is -11.0. The second-order valence-electron chi connectivity index (χ2n) is 14.7. The van der Waals surface area contributed by atoms with Gasteiger partial charge in [-0.3, -0.25) is 0 Å². The first-order valence-electron chi connectivity index (χ1n) is 23.5. The van der Waals surface area contributed by atoms with Gasteiger partial charge in [0.2, 0.25) is 36.6 Å². The lowest BCUT2D eigenvalue weighted by Gasteiger charge is -2.06. The number of hydrogen-bond acceptors (Lipinski definition) is 32. The fourth-order valence-electron chi connectivity index (χ4n) is 4.82. The Morgan fingerprint density at radius 2 is 0.671 bits per heavy atom. The second-order valence-corrected chi connectivity index (χ2v) is 16.7. The number of carbonyl (C=O) groups excluding carboxylic acids is 12. The van der Waals surface area contributed by atoms with Gasteiger partial charge < -0.3 is 94.7 Å². The van der Waals surface area contributed by atoms with Crippen LogP contribution >= 0.6 is 46.4 Å². The van der Waals surface area contributed by atoms with Crippen LogP contribution in [0.5, 0.6) is 0 Å². The molecule has 0 aromatic carbocycles. The van der Waals surface area contributed by atoms with Crippen molar-refractivity contribution in [2.45, 2.75) is 56.4 Å². The molecule has 0 saturated carbocycles. The highest BCUT2D eigenvalue weighted by molar-refractivity contribution is 6.56. The normalized spacial score (nSPS) is 19.6. The molecule has 478 valence electrons. The number of halogens is 8. The summed E-state index contributed by atoms with van der Waals surface area (Å²) in [6, 6.07) is 0. The Bertz CT molecular complexity index is 2250. The molecule has 0 aromatic heterocycles. The van der Waals surface area contributed by atoms with Crippen molar-refractivity contribution in [2.75, 3.05) is 106 Å². The van der Waals surface area contributed by atoms with E-state index in [-0.39, 0.29) is 88.1 Å². The van der Waals surface area contributed by atoms with Gasteiger partial charge >= 0.3 is 72.7 Å². The zero-order valence-corrected chi connectivity index (χ0v) is 46.9. The molecule has 0 bridgehead atoms. The molecule has 0 aliphatic carbocycles. The quantitative estimate of drug-likeness (QED) is 0.0558. The highest BCUT2D eigenvalue weighted by Gasteiger charge is 2.37. The van der Waals surface area contributed by atoms with E-state index in [0.717, 1.165) is 0 Å². The Hall–Kier alpha value is -7.80. The van der Waals surface area contributed by atoms with E-state index in [9.17, 15) is 75.1 Å². The predicted molar refractivity (Wildman–Crippen MR) is 261 cm³/mol. The molecule has 6 heterocycles. The molecule has 0 spiro atoms. The summed E-state index contributed by atoms with van der Waals surface area (Å²) < 4.78 is 136. The fourth-order valence-corrected chi connectivity index (χ4v) is 5.17. The maximum atomic E-state index is 11.5. The Kier molecular flexibility index (Phi) is 38.7. The van der Waals surface area contributed by atoms with E-state index in [0.29, 0.717) is 38.4 Å². The van der Waals surface area contributed by atoms with Crippen LogP contribution in [0.1, 0.15) is 19.8 Å². The van der Waals surface area contributed by atoms with E-state index in [4.69, 9.17) is 65.4 Å². The van der Waals surface area contributed by atoms with Gasteiger partial charge in [-0.2, -0.15) is 17.6 Å². The van der Waals surface area contributed by atoms with Crippen LogP contribution in [0.4, 0.5) is 46.3 Å². The monoisotopic (exact) mass is 1320 g/mol. The van der Waals surface area contributed by atoms with Gasteiger partial charge in [0.15, 0.2) is 0 Å². The summed E-state index contributed by atoms with van der Waals surface area (Å²) in [5.74, 6) is -4.25. The van der Waals surface area contributed by atoms with Crippen molar-refractivity contribution in [3.05, 3.63) is 45.4 Å². The highest BCUT2D eigenvalue weighted by Crippen LogP contribution is 2.14. The van der Waals surface area contributed by atoms with Crippen LogP contribution in [-0.2, 0) is 124 Å². The van der Waals surface area contributed by atoms with Crippen molar-refractivity contribution in [1.29, 1.82) is 0 Å². The molecule has 6 fully saturated rings. The van der Waals surface area contributed by atoms with E-state index in [1.54, 1.807) is 0 Å². The van der Waals surface area contributed by atoms with Crippen LogP contribution in [0.3, 0.4) is 0 Å². The van der Waals surface area contributed by atoms with Crippen LogP contribution in [0.2, 0.25) is 0 Å². The molecule has 0 aromatic rings. The first-order chi connectivity index (χ1) is 40.3. The third-order valence-corrected chi connectivity index (χ3v) is 9.20. The standard InChI is InChI=1S/C8H8Cl2O5.C8H8F2O5.C8H12O6.C7H6Cl2O5.C7H6F2O5.C7H10O6/c2*9-6(10)2-1-3-13-7(11)5-4-14-8(12)15-5;1-2-11-3-4-12-7(9)6-5-13-8(10)14-6;2*8-5(9)1-2-12-6(10)4-3-13-7(11)14-4;1-10-2-3-11-6(8)5-4-12-7(9)13-5/h2*2,5H,1,3-4H2;6H,2-5H2,1H3;2*1,4H,2-3H2;5H,2-4H2,1H3. The third kappa shape index (κ3) is 36.5. The lowest BCUT2D eigenvalue weighted by molar-refractivity contribution is -0.153. The Morgan fingerprint density at radius 1 is 0.400 bits per heavy atom. The van der Waals surface area contributed by atoms with Crippen molar-refractivity contribution in [2.24, 2.45) is 0 Å². The Morgan fingerprint density at radius 3 is 0.929 bits per heavy atom. The van der Waals surface area contributed by atoms with Gasteiger partial charge in [0.05, 0.1) is 26.4 Å². The van der Waals surface area contributed by atoms with E-state index in [1.807, 2.05) is 6.92 Å². The van der Waals surface area contributed by atoms with Gasteiger partial charge in [0, 0.05) is 32.6 Å². The summed E-state index contributed by atoms with van der Waals surface area (Å²) >= 11 is 21.2. The van der Waals surface area contributed by atoms with Crippen LogP contribution in [0, 0.1) is 0 Å². The number of ether oxygens (including phenoxy) is 20. The Balaban J connectivity index is 0.000000510. The SMILES string of the molecule is CCOCCOC(=O)C1COC(=O)O1.COCCOC(=O)C1COC(=O)O1.O=C1OCC(C(=O)OCC=C(Cl)Cl)O1.O=C1OCC(C(=O)OCC=C(F)F)O1.O=C1OCC(C(=O)OCCC=C(Cl)Cl)O1.O=C1OCC(C(=O)OCCC=C(F)F)O1. The van der Waals surface area contributed by atoms with Gasteiger partial charge in [-0.05, 0) is 19.1 Å². The largest absolute Gasteiger partial charge is 0.509 e. The van der Waals surface area contributed by atoms with Gasteiger partial charge in [-0.1, -0.05) is 52.5 Å². The second kappa shape index (κ2) is 43.8. The van der Waals surface area contributed by atoms with Crippen LogP contribution in [0.15, 0.2) is 45.4 Å². The average molecular weight is 1320 g/mol. The first kappa shape index (κ1) is 75.2. The number of methoxy groups -OCH3 is 1. The van der Waals surface area contributed by atoms with Gasteiger partial charge in [0.25, 0.3) is 12.2 Å². The van der Waals surface area contributed by atoms with E-state index in [2.05, 4.69) is 75.8 Å². The molecular weight excluding hydrogens is 1270 g/mol. The molecule has 6 aliphatic heterocycles. The number of cyclic esters (lactones) is 12. The molecule has 40 heteroatoms. The number of carbonyl (C=O) groups is 12. The topological polar surface area (TPSA) is 389 Å². The molecule has 0 radical (unpaired) electrons. The maximum absolute atomic E-state index is 11.5. The maximum Gasteiger partial charge on any atom is 0.509 e. The van der Waals surface area contributed by atoms with Crippen LogP contribution < -0.4 is 0 Å². The van der Waals surface area contributed by atoms with Crippen LogP contribution in [0.25, 0.3) is 0 Å². The first-order valence-corrected chi connectivity index (χ1v) is 25.0. The van der Waals surface area contributed by atoms with Crippen molar-refractivity contribution < 1.29 is 170 Å². The number of hydrogen-bond donors (Lipinski definition) is 0. The average Bonchev–Trinajstić information content (AvgIpc) is 4.44. The van der Waals surface area contributed by atoms with Crippen LogP contribution in [-0.4, -0.2) is 216 Å². The van der Waals surface area contributed by atoms with E-state index >= 15 is 0 Å². The Labute approximate surface area is 495 Å². The molecular formula is C45H50Cl4F4O32. The third-order valence-electron chi connectivity index (χ3n) is 8.58. The van der Waals surface area contributed by atoms with Crippen molar-refractivity contribution in [1.82, 2.24) is 0 Å². The minimum atomic E-state index is -1.95.